The third-order valence-electron chi connectivity index (χ3n) is 4.07. The van der Waals surface area contributed by atoms with Gasteiger partial charge in [-0.15, -0.1) is 0 Å². The normalized spacial score (nSPS) is 19.7. The number of rotatable bonds is 5. The summed E-state index contributed by atoms with van der Waals surface area (Å²) >= 11 is 6.06. The predicted octanol–water partition coefficient (Wildman–Crippen LogP) is 2.27. The van der Waals surface area contributed by atoms with E-state index in [4.69, 9.17) is 16.3 Å². The third-order valence-corrected chi connectivity index (χ3v) is 4.31. The highest BCUT2D eigenvalue weighted by Crippen LogP contribution is 2.23. The van der Waals surface area contributed by atoms with Gasteiger partial charge in [-0.1, -0.05) is 23.7 Å². The van der Waals surface area contributed by atoms with Gasteiger partial charge in [-0.2, -0.15) is 0 Å². The molecule has 0 aliphatic carbocycles. The molecule has 0 aromatic heterocycles. The summed E-state index contributed by atoms with van der Waals surface area (Å²) in [4.78, 5) is 2.47. The van der Waals surface area contributed by atoms with Crippen LogP contribution in [0.2, 0.25) is 5.02 Å². The first-order valence-corrected chi connectivity index (χ1v) is 7.80. The molecule has 1 aromatic rings. The molecule has 1 aromatic carbocycles. The molecule has 0 bridgehead atoms. The van der Waals surface area contributed by atoms with Gasteiger partial charge in [-0.25, -0.2) is 5.01 Å². The van der Waals surface area contributed by atoms with E-state index in [0.29, 0.717) is 0 Å². The van der Waals surface area contributed by atoms with Crippen molar-refractivity contribution in [1.29, 1.82) is 0 Å². The molecule has 0 saturated heterocycles. The Hall–Kier alpha value is -1.07. The molecule has 2 aliphatic rings. The molecule has 2 heterocycles. The van der Waals surface area contributed by atoms with E-state index in [0.717, 1.165) is 50.8 Å². The van der Waals surface area contributed by atoms with Crippen LogP contribution in [0.15, 0.2) is 35.5 Å². The number of methoxy groups -OCH3 is 1. The SMILES string of the molecule is COCCN1CC2=C(CN(Cc3cccc(Cl)c3)CC2)N1. The molecule has 21 heavy (non-hydrogen) atoms. The van der Waals surface area contributed by atoms with Crippen molar-refractivity contribution < 1.29 is 4.74 Å². The number of ether oxygens (including phenoxy) is 1. The van der Waals surface area contributed by atoms with Crippen LogP contribution in [0, 0.1) is 0 Å². The van der Waals surface area contributed by atoms with E-state index in [9.17, 15) is 0 Å². The molecule has 5 heteroatoms. The van der Waals surface area contributed by atoms with Crippen LogP contribution < -0.4 is 5.43 Å². The number of nitrogens with one attached hydrogen (secondary N) is 1. The Balaban J connectivity index is 1.56. The Morgan fingerprint density at radius 2 is 2.24 bits per heavy atom. The standard InChI is InChI=1S/C16H22ClN3O/c1-21-8-7-20-11-14-5-6-19(12-16(14)18-20)10-13-3-2-4-15(17)9-13/h2-4,9,18H,5-8,10-12H2,1H3. The lowest BCUT2D eigenvalue weighted by molar-refractivity contribution is 0.138. The van der Waals surface area contributed by atoms with Crippen molar-refractivity contribution in [3.05, 3.63) is 46.1 Å². The van der Waals surface area contributed by atoms with E-state index in [1.54, 1.807) is 12.7 Å². The van der Waals surface area contributed by atoms with Crippen molar-refractivity contribution in [2.45, 2.75) is 13.0 Å². The van der Waals surface area contributed by atoms with Gasteiger partial charge in [-0.3, -0.25) is 4.90 Å². The van der Waals surface area contributed by atoms with Crippen LogP contribution in [0.3, 0.4) is 0 Å². The fraction of sp³-hybridized carbons (Fsp3) is 0.500. The summed E-state index contributed by atoms with van der Waals surface area (Å²) in [6.07, 6.45) is 1.15. The van der Waals surface area contributed by atoms with E-state index in [-0.39, 0.29) is 0 Å². The predicted molar refractivity (Wildman–Crippen MR) is 85.0 cm³/mol. The molecule has 3 rings (SSSR count). The lowest BCUT2D eigenvalue weighted by atomic mass is 10.1. The number of halogens is 1. The van der Waals surface area contributed by atoms with Gasteiger partial charge in [0.1, 0.15) is 0 Å². The second-order valence-electron chi connectivity index (χ2n) is 5.70. The van der Waals surface area contributed by atoms with Crippen LogP contribution in [0.1, 0.15) is 12.0 Å². The summed E-state index contributed by atoms with van der Waals surface area (Å²) in [6, 6.07) is 8.14. The molecule has 2 aliphatic heterocycles. The number of nitrogens with zero attached hydrogens (tertiary/aromatic N) is 2. The Morgan fingerprint density at radius 3 is 3.05 bits per heavy atom. The van der Waals surface area contributed by atoms with Crippen LogP contribution in [0.25, 0.3) is 0 Å². The lowest BCUT2D eigenvalue weighted by Crippen LogP contribution is -2.38. The van der Waals surface area contributed by atoms with Gasteiger partial charge in [0.25, 0.3) is 0 Å². The smallest absolute Gasteiger partial charge is 0.0608 e. The lowest BCUT2D eigenvalue weighted by Gasteiger charge is -2.27. The molecule has 1 N–H and O–H groups in total. The van der Waals surface area contributed by atoms with Crippen LogP contribution in [0.4, 0.5) is 0 Å². The fourth-order valence-corrected chi connectivity index (χ4v) is 3.19. The van der Waals surface area contributed by atoms with E-state index in [2.05, 4.69) is 27.5 Å². The highest BCUT2D eigenvalue weighted by molar-refractivity contribution is 6.30. The monoisotopic (exact) mass is 307 g/mol. The van der Waals surface area contributed by atoms with Gasteiger partial charge in [-0.05, 0) is 29.7 Å². The highest BCUT2D eigenvalue weighted by atomic mass is 35.5. The minimum Gasteiger partial charge on any atom is -0.383 e. The average molecular weight is 308 g/mol. The van der Waals surface area contributed by atoms with Crippen molar-refractivity contribution in [3.63, 3.8) is 0 Å². The van der Waals surface area contributed by atoms with E-state index in [1.165, 1.54) is 11.3 Å². The van der Waals surface area contributed by atoms with Gasteiger partial charge < -0.3 is 10.2 Å². The molecular weight excluding hydrogens is 286 g/mol. The summed E-state index contributed by atoms with van der Waals surface area (Å²) in [5, 5.41) is 3.06. The van der Waals surface area contributed by atoms with Crippen molar-refractivity contribution in [1.82, 2.24) is 15.3 Å². The zero-order chi connectivity index (χ0) is 14.7. The molecule has 114 valence electrons. The minimum absolute atomic E-state index is 0.764. The molecule has 0 fully saturated rings. The summed E-state index contributed by atoms with van der Waals surface area (Å²) in [5.41, 5.74) is 7.72. The number of hydrazine groups is 1. The second-order valence-corrected chi connectivity index (χ2v) is 6.14. The molecular formula is C16H22ClN3O. The molecule has 0 amide bonds. The second kappa shape index (κ2) is 6.79. The first-order chi connectivity index (χ1) is 10.2. The summed E-state index contributed by atoms with van der Waals surface area (Å²) < 4.78 is 5.15. The van der Waals surface area contributed by atoms with Crippen molar-refractivity contribution in [3.8, 4) is 0 Å². The topological polar surface area (TPSA) is 27.7 Å². The Kier molecular flexibility index (Phi) is 4.80. The average Bonchev–Trinajstić information content (AvgIpc) is 2.87. The Labute approximate surface area is 131 Å². The van der Waals surface area contributed by atoms with Crippen LogP contribution in [0.5, 0.6) is 0 Å². The number of benzene rings is 1. The summed E-state index contributed by atoms with van der Waals surface area (Å²) in [6.45, 7) is 5.79. The molecule has 0 unspecified atom stereocenters. The van der Waals surface area contributed by atoms with Gasteiger partial charge >= 0.3 is 0 Å². The van der Waals surface area contributed by atoms with Crippen molar-refractivity contribution in [2.24, 2.45) is 0 Å². The first-order valence-electron chi connectivity index (χ1n) is 7.43. The first kappa shape index (κ1) is 14.9. The van der Waals surface area contributed by atoms with Crippen molar-refractivity contribution in [2.75, 3.05) is 39.9 Å². The molecule has 4 nitrogen and oxygen atoms in total. The molecule has 0 radical (unpaired) electrons. The van der Waals surface area contributed by atoms with Crippen molar-refractivity contribution >= 4 is 11.6 Å². The largest absolute Gasteiger partial charge is 0.383 e. The Bertz CT molecular complexity index is 532. The van der Waals surface area contributed by atoms with Gasteiger partial charge in [0, 0.05) is 50.6 Å². The number of hydrogen-bond donors (Lipinski definition) is 1. The molecule has 0 atom stereocenters. The maximum Gasteiger partial charge on any atom is 0.0608 e. The quantitative estimate of drug-likeness (QED) is 0.903. The fourth-order valence-electron chi connectivity index (χ4n) is 2.97. The summed E-state index contributed by atoms with van der Waals surface area (Å²) in [7, 11) is 1.75. The molecule has 0 spiro atoms. The van der Waals surface area contributed by atoms with Crippen LogP contribution in [-0.2, 0) is 11.3 Å². The van der Waals surface area contributed by atoms with Gasteiger partial charge in [0.05, 0.1) is 6.61 Å². The zero-order valence-electron chi connectivity index (χ0n) is 12.4. The summed E-state index contributed by atoms with van der Waals surface area (Å²) in [5.74, 6) is 0. The van der Waals surface area contributed by atoms with Gasteiger partial charge in [0.2, 0.25) is 0 Å². The number of hydrogen-bond acceptors (Lipinski definition) is 4. The molecule has 0 saturated carbocycles. The van der Waals surface area contributed by atoms with E-state index >= 15 is 0 Å². The highest BCUT2D eigenvalue weighted by Gasteiger charge is 2.26. The van der Waals surface area contributed by atoms with Gasteiger partial charge in [0.15, 0.2) is 0 Å². The van der Waals surface area contributed by atoms with E-state index < -0.39 is 0 Å². The Morgan fingerprint density at radius 1 is 1.33 bits per heavy atom. The maximum absolute atomic E-state index is 6.06. The van der Waals surface area contributed by atoms with Crippen LogP contribution >= 0.6 is 11.6 Å². The third kappa shape index (κ3) is 3.77. The zero-order valence-corrected chi connectivity index (χ0v) is 13.2. The minimum atomic E-state index is 0.764. The van der Waals surface area contributed by atoms with Crippen LogP contribution in [-0.4, -0.2) is 49.8 Å². The van der Waals surface area contributed by atoms with E-state index in [1.807, 2.05) is 12.1 Å². The maximum atomic E-state index is 6.06.